The highest BCUT2D eigenvalue weighted by Crippen LogP contribution is 2.62. The van der Waals surface area contributed by atoms with Gasteiger partial charge in [0.05, 0.1) is 0 Å². The smallest absolute Gasteiger partial charge is 0.214 e. The van der Waals surface area contributed by atoms with Gasteiger partial charge in [-0.3, -0.25) is 0 Å². The number of alkyl halides is 4. The summed E-state index contributed by atoms with van der Waals surface area (Å²) in [7, 11) is 0. The Balaban J connectivity index is 2.23. The molecule has 1 aliphatic heterocycles. The average molecular weight is 324 g/mol. The van der Waals surface area contributed by atoms with Crippen molar-refractivity contribution in [3.8, 4) is 0 Å². The fourth-order valence-electron chi connectivity index (χ4n) is 1.66. The van der Waals surface area contributed by atoms with Gasteiger partial charge in [0.1, 0.15) is 0 Å². The first-order valence-electron chi connectivity index (χ1n) is 3.36. The Labute approximate surface area is 90.9 Å². The molecule has 0 aromatic carbocycles. The fourth-order valence-corrected chi connectivity index (χ4v) is 6.04. The Bertz CT molecular complexity index is 187. The molecule has 2 fully saturated rings. The van der Waals surface area contributed by atoms with Gasteiger partial charge >= 0.3 is 0 Å². The number of halogens is 4. The largest absolute Gasteiger partial charge is 0.233 e. The molecule has 11 heavy (non-hydrogen) atoms. The summed E-state index contributed by atoms with van der Waals surface area (Å²) >= 11 is 13.9. The van der Waals surface area contributed by atoms with Gasteiger partial charge in [-0.1, -0.05) is 43.5 Å². The maximum Gasteiger partial charge on any atom is 0.233 e. The van der Waals surface area contributed by atoms with Gasteiger partial charge in [0.2, 0.25) is 4.46 Å². The molecule has 0 aromatic heterocycles. The predicted molar refractivity (Wildman–Crippen MR) is 54.6 cm³/mol. The molecule has 1 saturated heterocycles. The van der Waals surface area contributed by atoms with Gasteiger partial charge in [0.15, 0.2) is 0 Å². The summed E-state index contributed by atoms with van der Waals surface area (Å²) in [4.78, 5) is 0.566. The van der Waals surface area contributed by atoms with Crippen LogP contribution in [0.2, 0.25) is 0 Å². The van der Waals surface area contributed by atoms with Crippen molar-refractivity contribution in [1.29, 1.82) is 0 Å². The molecular weight excluding hydrogens is 318 g/mol. The quantitative estimate of drug-likeness (QED) is 0.615. The Morgan fingerprint density at radius 2 is 2.09 bits per heavy atom. The summed E-state index contributed by atoms with van der Waals surface area (Å²) in [5, 5.41) is 0.340. The zero-order valence-electron chi connectivity index (χ0n) is 5.44. The van der Waals surface area contributed by atoms with Crippen LogP contribution in [0.15, 0.2) is 0 Å². The minimum atomic E-state index is -1.52. The van der Waals surface area contributed by atoms with E-state index in [1.165, 1.54) is 11.8 Å². The van der Waals surface area contributed by atoms with E-state index in [0.717, 1.165) is 6.42 Å². The van der Waals surface area contributed by atoms with Crippen molar-refractivity contribution in [2.75, 3.05) is 0 Å². The fraction of sp³-hybridized carbons (Fsp3) is 1.00. The minimum absolute atomic E-state index is 0.0384. The Morgan fingerprint density at radius 3 is 2.45 bits per heavy atom. The lowest BCUT2D eigenvalue weighted by Gasteiger charge is -2.29. The zero-order chi connectivity index (χ0) is 8.22. The minimum Gasteiger partial charge on any atom is -0.214 e. The van der Waals surface area contributed by atoms with Crippen molar-refractivity contribution >= 4 is 55.2 Å². The second-order valence-electron chi connectivity index (χ2n) is 2.95. The molecule has 2 bridgehead atoms. The third-order valence-corrected chi connectivity index (χ3v) is 7.70. The van der Waals surface area contributed by atoms with E-state index in [1.807, 2.05) is 0 Å². The number of hydrogen-bond acceptors (Lipinski definition) is 1. The van der Waals surface area contributed by atoms with Gasteiger partial charge in [0.25, 0.3) is 0 Å². The highest BCUT2D eigenvalue weighted by atomic mass is 79.9. The van der Waals surface area contributed by atoms with Crippen LogP contribution in [-0.4, -0.2) is 19.4 Å². The van der Waals surface area contributed by atoms with E-state index >= 15 is 0 Å². The lowest BCUT2D eigenvalue weighted by Crippen LogP contribution is -2.33. The van der Waals surface area contributed by atoms with Crippen LogP contribution in [-0.2, 0) is 0 Å². The first kappa shape index (κ1) is 9.10. The molecule has 5 atom stereocenters. The highest BCUT2D eigenvalue weighted by molar-refractivity contribution is 9.12. The lowest BCUT2D eigenvalue weighted by atomic mass is 10.1. The maximum atomic E-state index is 13.4. The van der Waals surface area contributed by atoms with Crippen LogP contribution in [0.1, 0.15) is 6.42 Å². The third kappa shape index (κ3) is 1.29. The standard InChI is InChI=1S/C6H6Br2ClFS/c7-4-2-1-3(5(4)8)11-6(2,9)10/h2-5H,1H2. The second kappa shape index (κ2) is 2.76. The SMILES string of the molecule is FC1(Cl)SC2CC1C(Br)C2Br. The molecule has 2 aliphatic rings. The van der Waals surface area contributed by atoms with E-state index < -0.39 is 4.46 Å². The van der Waals surface area contributed by atoms with Gasteiger partial charge in [-0.05, 0) is 6.42 Å². The van der Waals surface area contributed by atoms with Gasteiger partial charge in [-0.2, -0.15) is 0 Å². The van der Waals surface area contributed by atoms with E-state index in [4.69, 9.17) is 11.6 Å². The molecule has 2 rings (SSSR count). The molecule has 1 saturated carbocycles. The molecule has 1 heterocycles. The number of rotatable bonds is 0. The lowest BCUT2D eigenvalue weighted by molar-refractivity contribution is 0.302. The van der Waals surface area contributed by atoms with Crippen LogP contribution >= 0.6 is 55.2 Å². The van der Waals surface area contributed by atoms with Crippen LogP contribution in [0.3, 0.4) is 0 Å². The molecule has 0 N–H and O–H groups in total. The summed E-state index contributed by atoms with van der Waals surface area (Å²) in [6.07, 6.45) is 0.885. The van der Waals surface area contributed by atoms with Crippen LogP contribution in [0.25, 0.3) is 0 Å². The van der Waals surface area contributed by atoms with Gasteiger partial charge in [0, 0.05) is 20.8 Å². The molecular formula is C6H6Br2ClFS. The van der Waals surface area contributed by atoms with Crippen LogP contribution in [0.5, 0.6) is 0 Å². The van der Waals surface area contributed by atoms with E-state index in [0.29, 0.717) is 10.1 Å². The van der Waals surface area contributed by atoms with E-state index in [1.54, 1.807) is 0 Å². The van der Waals surface area contributed by atoms with Crippen molar-refractivity contribution in [3.63, 3.8) is 0 Å². The van der Waals surface area contributed by atoms with E-state index in [2.05, 4.69) is 31.9 Å². The molecule has 0 amide bonds. The normalized spacial score (nSPS) is 62.2. The van der Waals surface area contributed by atoms with Crippen molar-refractivity contribution in [2.24, 2.45) is 5.92 Å². The van der Waals surface area contributed by atoms with Gasteiger partial charge in [-0.25, -0.2) is 4.39 Å². The highest BCUT2D eigenvalue weighted by Gasteiger charge is 2.60. The van der Waals surface area contributed by atoms with Crippen LogP contribution in [0, 0.1) is 5.92 Å². The van der Waals surface area contributed by atoms with Crippen LogP contribution < -0.4 is 0 Å². The van der Waals surface area contributed by atoms with Crippen molar-refractivity contribution in [3.05, 3.63) is 0 Å². The summed E-state index contributed by atoms with van der Waals surface area (Å²) in [5.41, 5.74) is 0. The second-order valence-corrected chi connectivity index (χ2v) is 7.27. The molecule has 5 unspecified atom stereocenters. The molecule has 64 valence electrons. The number of thioether (sulfide) groups is 1. The van der Waals surface area contributed by atoms with Gasteiger partial charge in [-0.15, -0.1) is 11.8 Å². The molecule has 5 heteroatoms. The summed E-state index contributed by atoms with van der Waals surface area (Å²) < 4.78 is 11.9. The van der Waals surface area contributed by atoms with E-state index in [-0.39, 0.29) is 10.7 Å². The summed E-state index contributed by atoms with van der Waals surface area (Å²) in [5.74, 6) is -0.0384. The predicted octanol–water partition coefficient (Wildman–Crippen LogP) is 3.51. The third-order valence-electron chi connectivity index (χ3n) is 2.27. The first-order chi connectivity index (χ1) is 5.02. The van der Waals surface area contributed by atoms with Crippen molar-refractivity contribution < 1.29 is 4.39 Å². The molecule has 0 aromatic rings. The Morgan fingerprint density at radius 1 is 1.45 bits per heavy atom. The van der Waals surface area contributed by atoms with Crippen LogP contribution in [0.4, 0.5) is 4.39 Å². The Hall–Kier alpha value is 1.53. The van der Waals surface area contributed by atoms with Crippen molar-refractivity contribution in [2.45, 2.75) is 25.8 Å². The van der Waals surface area contributed by atoms with E-state index in [9.17, 15) is 4.39 Å². The van der Waals surface area contributed by atoms with Gasteiger partial charge < -0.3 is 0 Å². The molecule has 0 radical (unpaired) electrons. The molecule has 1 aliphatic carbocycles. The Kier molecular flexibility index (Phi) is 2.28. The van der Waals surface area contributed by atoms with Crippen molar-refractivity contribution in [1.82, 2.24) is 0 Å². The maximum absolute atomic E-state index is 13.4. The average Bonchev–Trinajstić information content (AvgIpc) is 2.31. The number of hydrogen-bond donors (Lipinski definition) is 0. The molecule has 0 nitrogen and oxygen atoms in total. The zero-order valence-corrected chi connectivity index (χ0v) is 10.2. The summed E-state index contributed by atoms with van der Waals surface area (Å²) in [6, 6.07) is 0. The number of fused-ring (bicyclic) bond motifs is 2. The summed E-state index contributed by atoms with van der Waals surface area (Å²) in [6.45, 7) is 0. The monoisotopic (exact) mass is 322 g/mol. The topological polar surface area (TPSA) is 0 Å². The first-order valence-corrected chi connectivity index (χ1v) is 6.45. The molecule has 0 spiro atoms.